The molecule has 2 radical (unpaired) electrons. The molecule has 28 heavy (non-hydrogen) atoms. The van der Waals surface area contributed by atoms with Crippen LogP contribution in [0, 0.1) is 11.8 Å². The molecule has 2 aliphatic heterocycles. The number of thiazole rings is 1. The molecule has 0 aliphatic carbocycles. The van der Waals surface area contributed by atoms with Crippen molar-refractivity contribution < 1.29 is 8.42 Å². The summed E-state index contributed by atoms with van der Waals surface area (Å²) in [6.45, 7) is 4.24. The standard InChI is InChI=1S/C20H26BN3O2S2/c1-28(25,26)18-4-2-17(3-5-18)23-10-6-15(7-11-23)16-8-12-24(13-9-16)20-22-14-19(21)27-20/h2-5,14-16H,6-13H2,1H3. The van der Waals surface area contributed by atoms with E-state index in [9.17, 15) is 8.42 Å². The Morgan fingerprint density at radius 1 is 0.964 bits per heavy atom. The van der Waals surface area contributed by atoms with Gasteiger partial charge in [0.2, 0.25) is 0 Å². The zero-order chi connectivity index (χ0) is 19.7. The molecule has 2 aliphatic rings. The average Bonchev–Trinajstić information content (AvgIpc) is 3.14. The van der Waals surface area contributed by atoms with E-state index in [-0.39, 0.29) is 0 Å². The van der Waals surface area contributed by atoms with Crippen LogP contribution in [0.2, 0.25) is 0 Å². The Kier molecular flexibility index (Phi) is 5.70. The van der Waals surface area contributed by atoms with Gasteiger partial charge in [0.25, 0.3) is 0 Å². The van der Waals surface area contributed by atoms with E-state index in [1.165, 1.54) is 31.9 Å². The number of sulfone groups is 1. The fourth-order valence-electron chi connectivity index (χ4n) is 4.52. The largest absolute Gasteiger partial charge is 0.372 e. The third-order valence-corrected chi connectivity index (χ3v) is 8.17. The predicted octanol–water partition coefficient (Wildman–Crippen LogP) is 2.47. The summed E-state index contributed by atoms with van der Waals surface area (Å²) in [6, 6.07) is 7.32. The van der Waals surface area contributed by atoms with Gasteiger partial charge in [0, 0.05) is 44.3 Å². The molecule has 2 fully saturated rings. The number of hydrogen-bond donors (Lipinski definition) is 0. The molecule has 1 aromatic heterocycles. The molecule has 3 heterocycles. The van der Waals surface area contributed by atoms with Gasteiger partial charge in [0.1, 0.15) is 7.85 Å². The molecule has 1 aromatic carbocycles. The summed E-state index contributed by atoms with van der Waals surface area (Å²) in [5.41, 5.74) is 1.13. The molecule has 2 aromatic rings. The Morgan fingerprint density at radius 3 is 1.96 bits per heavy atom. The monoisotopic (exact) mass is 415 g/mol. The van der Waals surface area contributed by atoms with Crippen molar-refractivity contribution in [3.8, 4) is 0 Å². The molecule has 0 atom stereocenters. The maximum Gasteiger partial charge on any atom is 0.184 e. The third kappa shape index (κ3) is 4.38. The number of nitrogens with zero attached hydrogens (tertiary/aromatic N) is 3. The Balaban J connectivity index is 1.29. The molecule has 2 saturated heterocycles. The van der Waals surface area contributed by atoms with Crippen molar-refractivity contribution in [2.24, 2.45) is 11.8 Å². The van der Waals surface area contributed by atoms with Crippen molar-refractivity contribution in [1.82, 2.24) is 4.98 Å². The molecule has 148 valence electrons. The first kappa shape index (κ1) is 19.8. The van der Waals surface area contributed by atoms with Gasteiger partial charge in [-0.1, -0.05) is 0 Å². The molecule has 5 nitrogen and oxygen atoms in total. The van der Waals surface area contributed by atoms with Crippen molar-refractivity contribution in [3.05, 3.63) is 30.5 Å². The van der Waals surface area contributed by atoms with Crippen LogP contribution in [-0.2, 0) is 9.84 Å². The van der Waals surface area contributed by atoms with Gasteiger partial charge in [-0.3, -0.25) is 0 Å². The fourth-order valence-corrected chi connectivity index (χ4v) is 5.88. The Hall–Kier alpha value is -1.54. The van der Waals surface area contributed by atoms with E-state index in [0.29, 0.717) is 4.90 Å². The van der Waals surface area contributed by atoms with Gasteiger partial charge in [0.05, 0.1) is 4.90 Å². The summed E-state index contributed by atoms with van der Waals surface area (Å²) in [4.78, 5) is 9.56. The maximum absolute atomic E-state index is 11.6. The minimum absolute atomic E-state index is 0.389. The van der Waals surface area contributed by atoms with Crippen molar-refractivity contribution in [2.75, 3.05) is 42.2 Å². The highest BCUT2D eigenvalue weighted by Gasteiger charge is 2.30. The van der Waals surface area contributed by atoms with Gasteiger partial charge >= 0.3 is 0 Å². The summed E-state index contributed by atoms with van der Waals surface area (Å²) in [5.74, 6) is 1.58. The lowest BCUT2D eigenvalue weighted by Gasteiger charge is -2.40. The first-order chi connectivity index (χ1) is 13.4. The van der Waals surface area contributed by atoms with Gasteiger partial charge in [-0.25, -0.2) is 13.4 Å². The van der Waals surface area contributed by atoms with Crippen LogP contribution in [0.3, 0.4) is 0 Å². The Labute approximate surface area is 173 Å². The predicted molar refractivity (Wildman–Crippen MR) is 117 cm³/mol. The number of rotatable bonds is 4. The number of anilines is 2. The molecule has 0 bridgehead atoms. The van der Waals surface area contributed by atoms with Crippen LogP contribution < -0.4 is 14.6 Å². The van der Waals surface area contributed by atoms with Crippen LogP contribution in [0.1, 0.15) is 25.7 Å². The highest BCUT2D eigenvalue weighted by Crippen LogP contribution is 2.35. The summed E-state index contributed by atoms with van der Waals surface area (Å²) in [7, 11) is 2.68. The molecule has 0 amide bonds. The smallest absolute Gasteiger partial charge is 0.184 e. The average molecular weight is 415 g/mol. The maximum atomic E-state index is 11.6. The van der Waals surface area contributed by atoms with Crippen molar-refractivity contribution in [3.63, 3.8) is 0 Å². The third-order valence-electron chi connectivity index (χ3n) is 6.16. The van der Waals surface area contributed by atoms with E-state index in [0.717, 1.165) is 53.6 Å². The molecular formula is C20H26BN3O2S2. The molecular weight excluding hydrogens is 389 g/mol. The summed E-state index contributed by atoms with van der Waals surface area (Å²) in [6.07, 6.45) is 7.89. The second kappa shape index (κ2) is 8.07. The minimum atomic E-state index is -3.13. The van der Waals surface area contributed by atoms with E-state index in [2.05, 4.69) is 14.8 Å². The van der Waals surface area contributed by atoms with E-state index in [1.54, 1.807) is 29.7 Å². The van der Waals surface area contributed by atoms with Crippen molar-refractivity contribution in [1.29, 1.82) is 0 Å². The molecule has 8 heteroatoms. The SMILES string of the molecule is [B]c1cnc(N2CCC(C3CCN(c4ccc(S(C)(=O)=O)cc4)CC3)CC2)s1. The molecule has 4 rings (SSSR count). The quantitative estimate of drug-likeness (QED) is 0.719. The molecule has 0 spiro atoms. The normalized spacial score (nSPS) is 19.9. The van der Waals surface area contributed by atoms with E-state index in [4.69, 9.17) is 7.85 Å². The van der Waals surface area contributed by atoms with Gasteiger partial charge in [0.15, 0.2) is 15.0 Å². The van der Waals surface area contributed by atoms with Gasteiger partial charge in [-0.15, -0.1) is 11.3 Å². The van der Waals surface area contributed by atoms with Crippen LogP contribution in [0.5, 0.6) is 0 Å². The number of benzene rings is 1. The minimum Gasteiger partial charge on any atom is -0.372 e. The zero-order valence-corrected chi connectivity index (χ0v) is 17.9. The highest BCUT2D eigenvalue weighted by molar-refractivity contribution is 7.90. The van der Waals surface area contributed by atoms with Gasteiger partial charge in [-0.2, -0.15) is 0 Å². The first-order valence-corrected chi connectivity index (χ1v) is 12.6. The summed E-state index contributed by atoms with van der Waals surface area (Å²) >= 11 is 1.58. The summed E-state index contributed by atoms with van der Waals surface area (Å²) < 4.78 is 24.0. The zero-order valence-electron chi connectivity index (χ0n) is 16.3. The van der Waals surface area contributed by atoms with Gasteiger partial charge < -0.3 is 9.80 Å². The van der Waals surface area contributed by atoms with Crippen LogP contribution in [0.4, 0.5) is 10.8 Å². The van der Waals surface area contributed by atoms with Gasteiger partial charge in [-0.05, 0) is 66.6 Å². The topological polar surface area (TPSA) is 53.5 Å². The summed E-state index contributed by atoms with van der Waals surface area (Å²) in [5, 5.41) is 1.06. The lowest BCUT2D eigenvalue weighted by molar-refractivity contribution is 0.233. The van der Waals surface area contributed by atoms with Crippen molar-refractivity contribution >= 4 is 44.6 Å². The highest BCUT2D eigenvalue weighted by atomic mass is 32.2. The van der Waals surface area contributed by atoms with Crippen molar-refractivity contribution in [2.45, 2.75) is 30.6 Å². The van der Waals surface area contributed by atoms with Crippen LogP contribution in [0.15, 0.2) is 35.4 Å². The Bertz CT molecular complexity index is 898. The van der Waals surface area contributed by atoms with E-state index >= 15 is 0 Å². The molecule has 0 N–H and O–H groups in total. The Morgan fingerprint density at radius 2 is 1.50 bits per heavy atom. The van der Waals surface area contributed by atoms with E-state index in [1.807, 2.05) is 12.1 Å². The molecule has 0 saturated carbocycles. The number of piperidine rings is 2. The van der Waals surface area contributed by atoms with Crippen LogP contribution in [-0.4, -0.2) is 53.7 Å². The second-order valence-electron chi connectivity index (χ2n) is 7.96. The fraction of sp³-hybridized carbons (Fsp3) is 0.550. The molecule has 0 unspecified atom stereocenters. The van der Waals surface area contributed by atoms with Crippen LogP contribution >= 0.6 is 11.3 Å². The first-order valence-electron chi connectivity index (χ1n) is 9.91. The lowest BCUT2D eigenvalue weighted by Crippen LogP contribution is -2.40. The van der Waals surface area contributed by atoms with Crippen LogP contribution in [0.25, 0.3) is 0 Å². The number of hydrogen-bond acceptors (Lipinski definition) is 6. The second-order valence-corrected chi connectivity index (χ2v) is 11.0. The van der Waals surface area contributed by atoms with E-state index < -0.39 is 9.84 Å². The lowest BCUT2D eigenvalue weighted by atomic mass is 9.79. The number of aromatic nitrogens is 1.